The Kier molecular flexibility index (Phi) is 6.35. The second kappa shape index (κ2) is 8.71. The highest BCUT2D eigenvalue weighted by Gasteiger charge is 2.22. The summed E-state index contributed by atoms with van der Waals surface area (Å²) in [6.45, 7) is 2.04. The topological polar surface area (TPSA) is 42.0 Å². The van der Waals surface area contributed by atoms with Crippen LogP contribution < -0.4 is 5.32 Å². The molecule has 0 saturated heterocycles. The molecule has 0 radical (unpaired) electrons. The number of hydrogen-bond acceptors (Lipinski definition) is 3. The first kappa shape index (κ1) is 19.0. The van der Waals surface area contributed by atoms with Crippen LogP contribution in [-0.4, -0.2) is 10.9 Å². The Morgan fingerprint density at radius 3 is 2.38 bits per heavy atom. The SMILES string of the molecule is Cc1ccc(SC(C(=O)Nc2ccc(Br)cn2)c2ccc(Cl)cc2)cc1. The third-order valence-corrected chi connectivity index (χ3v) is 5.65. The molecule has 3 nitrogen and oxygen atoms in total. The fourth-order valence-corrected chi connectivity index (χ4v) is 3.69. The minimum atomic E-state index is -0.416. The van der Waals surface area contributed by atoms with E-state index in [4.69, 9.17) is 11.6 Å². The molecule has 132 valence electrons. The molecule has 1 atom stereocenters. The van der Waals surface area contributed by atoms with Crippen molar-refractivity contribution in [2.45, 2.75) is 17.1 Å². The van der Waals surface area contributed by atoms with Crippen molar-refractivity contribution < 1.29 is 4.79 Å². The van der Waals surface area contributed by atoms with Crippen LogP contribution in [0.1, 0.15) is 16.4 Å². The molecule has 0 saturated carbocycles. The van der Waals surface area contributed by atoms with E-state index in [1.165, 1.54) is 17.3 Å². The van der Waals surface area contributed by atoms with Gasteiger partial charge in [-0.05, 0) is 64.8 Å². The Hall–Kier alpha value is -1.82. The minimum Gasteiger partial charge on any atom is -0.309 e. The van der Waals surface area contributed by atoms with E-state index in [9.17, 15) is 4.79 Å². The van der Waals surface area contributed by atoms with Crippen LogP contribution in [0.15, 0.2) is 76.2 Å². The Morgan fingerprint density at radius 1 is 1.08 bits per heavy atom. The quantitative estimate of drug-likeness (QED) is 0.468. The number of pyridine rings is 1. The van der Waals surface area contributed by atoms with Crippen molar-refractivity contribution in [2.24, 2.45) is 0 Å². The summed E-state index contributed by atoms with van der Waals surface area (Å²) in [5.41, 5.74) is 2.07. The normalized spacial score (nSPS) is 11.8. The number of hydrogen-bond donors (Lipinski definition) is 1. The fraction of sp³-hybridized carbons (Fsp3) is 0.100. The number of nitrogens with zero attached hydrogens (tertiary/aromatic N) is 1. The highest BCUT2D eigenvalue weighted by Crippen LogP contribution is 2.36. The van der Waals surface area contributed by atoms with Gasteiger partial charge in [0.15, 0.2) is 0 Å². The molecule has 1 aromatic heterocycles. The standard InChI is InChI=1S/C20H16BrClN2OS/c1-13-2-9-17(10-3-13)26-19(14-4-7-16(22)8-5-14)20(25)24-18-11-6-15(21)12-23-18/h2-12,19H,1H3,(H,23,24,25). The van der Waals surface area contributed by atoms with Gasteiger partial charge in [0.25, 0.3) is 0 Å². The number of carbonyl (C=O) groups excluding carboxylic acids is 1. The summed E-state index contributed by atoms with van der Waals surface area (Å²) in [4.78, 5) is 18.2. The van der Waals surface area contributed by atoms with E-state index in [1.807, 2.05) is 49.4 Å². The van der Waals surface area contributed by atoms with Crippen LogP contribution in [0, 0.1) is 6.92 Å². The molecule has 1 heterocycles. The predicted octanol–water partition coefficient (Wildman–Crippen LogP) is 6.28. The van der Waals surface area contributed by atoms with Crippen molar-refractivity contribution in [2.75, 3.05) is 5.32 Å². The molecule has 0 aliphatic heterocycles. The molecule has 0 bridgehead atoms. The molecule has 0 spiro atoms. The second-order valence-electron chi connectivity index (χ2n) is 5.71. The first-order valence-electron chi connectivity index (χ1n) is 7.92. The number of anilines is 1. The number of nitrogens with one attached hydrogen (secondary N) is 1. The summed E-state index contributed by atoms with van der Waals surface area (Å²) in [6.07, 6.45) is 1.65. The summed E-state index contributed by atoms with van der Waals surface area (Å²) < 4.78 is 0.860. The van der Waals surface area contributed by atoms with Gasteiger partial charge in [-0.25, -0.2) is 4.98 Å². The Balaban J connectivity index is 1.85. The van der Waals surface area contributed by atoms with Crippen LogP contribution in [0.4, 0.5) is 5.82 Å². The van der Waals surface area contributed by atoms with Crippen LogP contribution in [0.3, 0.4) is 0 Å². The molecule has 1 N–H and O–H groups in total. The van der Waals surface area contributed by atoms with Gasteiger partial charge in [0.05, 0.1) is 0 Å². The van der Waals surface area contributed by atoms with Gasteiger partial charge in [0.2, 0.25) is 5.91 Å². The van der Waals surface area contributed by atoms with Crippen molar-refractivity contribution in [1.29, 1.82) is 0 Å². The zero-order valence-electron chi connectivity index (χ0n) is 13.9. The van der Waals surface area contributed by atoms with E-state index in [1.54, 1.807) is 24.4 Å². The molecule has 0 aliphatic rings. The third-order valence-electron chi connectivity index (χ3n) is 3.66. The predicted molar refractivity (Wildman–Crippen MR) is 112 cm³/mol. The smallest absolute Gasteiger partial charge is 0.243 e. The van der Waals surface area contributed by atoms with Gasteiger partial charge in [-0.2, -0.15) is 0 Å². The zero-order valence-corrected chi connectivity index (χ0v) is 17.1. The maximum atomic E-state index is 12.9. The lowest BCUT2D eigenvalue weighted by Crippen LogP contribution is -2.19. The molecule has 26 heavy (non-hydrogen) atoms. The number of aromatic nitrogens is 1. The van der Waals surface area contributed by atoms with E-state index in [-0.39, 0.29) is 5.91 Å². The molecular formula is C20H16BrClN2OS. The van der Waals surface area contributed by atoms with Crippen LogP contribution in [0.5, 0.6) is 0 Å². The molecule has 1 amide bonds. The number of benzene rings is 2. The molecule has 6 heteroatoms. The average molecular weight is 448 g/mol. The number of aryl methyl sites for hydroxylation is 1. The lowest BCUT2D eigenvalue weighted by molar-refractivity contribution is -0.115. The van der Waals surface area contributed by atoms with E-state index in [0.29, 0.717) is 10.8 Å². The van der Waals surface area contributed by atoms with E-state index >= 15 is 0 Å². The molecule has 3 rings (SSSR count). The Morgan fingerprint density at radius 2 is 1.77 bits per heavy atom. The second-order valence-corrected chi connectivity index (χ2v) is 8.24. The van der Waals surface area contributed by atoms with Gasteiger partial charge in [-0.1, -0.05) is 41.4 Å². The lowest BCUT2D eigenvalue weighted by atomic mass is 10.1. The van der Waals surface area contributed by atoms with Crippen molar-refractivity contribution in [3.63, 3.8) is 0 Å². The third kappa shape index (κ3) is 5.10. The molecule has 1 unspecified atom stereocenters. The minimum absolute atomic E-state index is 0.132. The van der Waals surface area contributed by atoms with Crippen LogP contribution in [0.2, 0.25) is 5.02 Å². The fourth-order valence-electron chi connectivity index (χ4n) is 2.30. The van der Waals surface area contributed by atoms with Gasteiger partial charge in [0, 0.05) is 20.6 Å². The maximum Gasteiger partial charge on any atom is 0.243 e. The van der Waals surface area contributed by atoms with Gasteiger partial charge in [0.1, 0.15) is 11.1 Å². The lowest BCUT2D eigenvalue weighted by Gasteiger charge is -2.17. The molecule has 3 aromatic rings. The first-order valence-corrected chi connectivity index (χ1v) is 9.97. The largest absolute Gasteiger partial charge is 0.309 e. The number of carbonyl (C=O) groups is 1. The Labute approximate surface area is 170 Å². The first-order chi connectivity index (χ1) is 12.5. The summed E-state index contributed by atoms with van der Waals surface area (Å²) in [5, 5.41) is 3.11. The highest BCUT2D eigenvalue weighted by atomic mass is 79.9. The van der Waals surface area contributed by atoms with E-state index < -0.39 is 5.25 Å². The number of halogens is 2. The molecule has 0 fully saturated rings. The highest BCUT2D eigenvalue weighted by molar-refractivity contribution is 9.10. The summed E-state index contributed by atoms with van der Waals surface area (Å²) in [7, 11) is 0. The summed E-state index contributed by atoms with van der Waals surface area (Å²) in [6, 6.07) is 19.1. The monoisotopic (exact) mass is 446 g/mol. The van der Waals surface area contributed by atoms with Crippen LogP contribution in [0.25, 0.3) is 0 Å². The van der Waals surface area contributed by atoms with E-state index in [0.717, 1.165) is 14.9 Å². The van der Waals surface area contributed by atoms with Crippen molar-refractivity contribution in [3.05, 3.63) is 87.5 Å². The van der Waals surface area contributed by atoms with Gasteiger partial charge < -0.3 is 5.32 Å². The number of amides is 1. The maximum absolute atomic E-state index is 12.9. The molecule has 2 aromatic carbocycles. The van der Waals surface area contributed by atoms with Crippen molar-refractivity contribution in [1.82, 2.24) is 4.98 Å². The van der Waals surface area contributed by atoms with Gasteiger partial charge in [-0.3, -0.25) is 4.79 Å². The zero-order chi connectivity index (χ0) is 18.5. The van der Waals surface area contributed by atoms with Gasteiger partial charge >= 0.3 is 0 Å². The van der Waals surface area contributed by atoms with Crippen molar-refractivity contribution in [3.8, 4) is 0 Å². The van der Waals surface area contributed by atoms with Crippen molar-refractivity contribution >= 4 is 51.0 Å². The average Bonchev–Trinajstić information content (AvgIpc) is 2.64. The van der Waals surface area contributed by atoms with Crippen LogP contribution in [-0.2, 0) is 4.79 Å². The van der Waals surface area contributed by atoms with E-state index in [2.05, 4.69) is 26.2 Å². The Bertz CT molecular complexity index is 883. The number of rotatable bonds is 5. The summed E-state index contributed by atoms with van der Waals surface area (Å²) >= 11 is 10.8. The molecular weight excluding hydrogens is 432 g/mol. The number of thioether (sulfide) groups is 1. The summed E-state index contributed by atoms with van der Waals surface area (Å²) in [5.74, 6) is 0.384. The molecule has 0 aliphatic carbocycles. The van der Waals surface area contributed by atoms with Gasteiger partial charge in [-0.15, -0.1) is 11.8 Å². The van der Waals surface area contributed by atoms with Crippen LogP contribution >= 0.6 is 39.3 Å².